The van der Waals surface area contributed by atoms with Crippen molar-refractivity contribution in [2.45, 2.75) is 0 Å². The Morgan fingerprint density at radius 1 is 0.408 bits per heavy atom. The summed E-state index contributed by atoms with van der Waals surface area (Å²) in [6.45, 7) is 0. The fraction of sp³-hybridized carbons (Fsp3) is 0. The number of para-hydroxylation sites is 3. The maximum atomic E-state index is 6.76. The van der Waals surface area contributed by atoms with Gasteiger partial charge in [0, 0.05) is 49.9 Å². The van der Waals surface area contributed by atoms with Gasteiger partial charge in [-0.05, 0) is 66.7 Å². The molecule has 49 heavy (non-hydrogen) atoms. The maximum absolute atomic E-state index is 6.76. The second-order valence-electron chi connectivity index (χ2n) is 12.3. The summed E-state index contributed by atoms with van der Waals surface area (Å²) in [5, 5.41) is 6.06. The molecule has 4 aromatic heterocycles. The summed E-state index contributed by atoms with van der Waals surface area (Å²) in [5.41, 5.74) is 9.90. The number of nitrogens with zero attached hydrogens (tertiary/aromatic N) is 2. The van der Waals surface area contributed by atoms with E-state index in [4.69, 9.17) is 22.7 Å². The van der Waals surface area contributed by atoms with Crippen LogP contribution in [0.1, 0.15) is 0 Å². The molecule has 0 unspecified atom stereocenters. The highest BCUT2D eigenvalue weighted by Crippen LogP contribution is 2.47. The molecule has 7 aromatic carbocycles. The fourth-order valence-corrected chi connectivity index (χ4v) is 7.26. The highest BCUT2D eigenvalue weighted by molar-refractivity contribution is 6.21. The van der Waals surface area contributed by atoms with Gasteiger partial charge < -0.3 is 22.6 Å². The number of benzene rings is 7. The molecule has 0 fully saturated rings. The number of rotatable bonds is 4. The van der Waals surface area contributed by atoms with Crippen LogP contribution in [0.5, 0.6) is 0 Å². The highest BCUT2D eigenvalue weighted by atomic mass is 16.4. The van der Waals surface area contributed by atoms with Gasteiger partial charge in [0.25, 0.3) is 0 Å². The number of anilines is 3. The third-order valence-electron chi connectivity index (χ3n) is 9.48. The monoisotopic (exact) mass is 632 g/mol. The zero-order valence-corrected chi connectivity index (χ0v) is 25.9. The minimum atomic E-state index is 0.559. The number of aromatic nitrogens is 1. The Hall–Kier alpha value is -6.79. The van der Waals surface area contributed by atoms with Gasteiger partial charge in [-0.3, -0.25) is 0 Å². The second kappa shape index (κ2) is 9.86. The van der Waals surface area contributed by atoms with Gasteiger partial charge in [0.05, 0.1) is 11.1 Å². The Balaban J connectivity index is 1.25. The predicted molar refractivity (Wildman–Crippen MR) is 196 cm³/mol. The van der Waals surface area contributed by atoms with Gasteiger partial charge in [-0.2, -0.15) is 0 Å². The van der Waals surface area contributed by atoms with Crippen LogP contribution in [-0.4, -0.2) is 4.98 Å². The van der Waals surface area contributed by atoms with Crippen molar-refractivity contribution in [3.63, 3.8) is 0 Å². The molecule has 0 amide bonds. The van der Waals surface area contributed by atoms with Gasteiger partial charge in [0.15, 0.2) is 11.2 Å². The summed E-state index contributed by atoms with van der Waals surface area (Å²) in [7, 11) is 0. The summed E-state index contributed by atoms with van der Waals surface area (Å²) in [5.74, 6) is 0.559. The number of furan rings is 3. The normalized spacial score (nSPS) is 12.1. The zero-order valence-electron chi connectivity index (χ0n) is 25.9. The summed E-state index contributed by atoms with van der Waals surface area (Å²) < 4.78 is 25.8. The molecule has 4 heterocycles. The first-order valence-electron chi connectivity index (χ1n) is 16.2. The van der Waals surface area contributed by atoms with Crippen molar-refractivity contribution >= 4 is 94.0 Å². The molecule has 230 valence electrons. The second-order valence-corrected chi connectivity index (χ2v) is 12.3. The van der Waals surface area contributed by atoms with Gasteiger partial charge in [-0.15, -0.1) is 0 Å². The fourth-order valence-electron chi connectivity index (χ4n) is 7.26. The molecule has 0 saturated heterocycles. The van der Waals surface area contributed by atoms with Crippen LogP contribution in [-0.2, 0) is 0 Å². The quantitative estimate of drug-likeness (QED) is 0.192. The average molecular weight is 633 g/mol. The van der Waals surface area contributed by atoms with Crippen LogP contribution in [0.25, 0.3) is 88.4 Å². The van der Waals surface area contributed by atoms with E-state index >= 15 is 0 Å². The summed E-state index contributed by atoms with van der Waals surface area (Å²) in [4.78, 5) is 7.28. The SMILES string of the molecule is c1ccc(-c2nc3c(cc(N(c4ccc5oc6ccccc6c5c4)c4ccc5oc6ccccc6c5c4)c4oc5ccccc5c43)o2)cc1. The summed E-state index contributed by atoms with van der Waals surface area (Å²) >= 11 is 0. The Morgan fingerprint density at radius 2 is 0.939 bits per heavy atom. The minimum Gasteiger partial charge on any atom is -0.456 e. The molecule has 6 nitrogen and oxygen atoms in total. The van der Waals surface area contributed by atoms with Gasteiger partial charge in [-0.1, -0.05) is 72.8 Å². The molecule has 0 aliphatic carbocycles. The zero-order chi connectivity index (χ0) is 32.1. The maximum Gasteiger partial charge on any atom is 0.227 e. The molecule has 0 aliphatic rings. The number of hydrogen-bond acceptors (Lipinski definition) is 6. The van der Waals surface area contributed by atoms with Crippen LogP contribution in [0.3, 0.4) is 0 Å². The molecule has 0 aliphatic heterocycles. The number of hydrogen-bond donors (Lipinski definition) is 0. The van der Waals surface area contributed by atoms with Gasteiger partial charge in [0.2, 0.25) is 5.89 Å². The largest absolute Gasteiger partial charge is 0.456 e. The van der Waals surface area contributed by atoms with Crippen molar-refractivity contribution in [1.82, 2.24) is 4.98 Å². The van der Waals surface area contributed by atoms with Crippen molar-refractivity contribution in [2.75, 3.05) is 4.90 Å². The Labute approximate surface area is 278 Å². The third-order valence-corrected chi connectivity index (χ3v) is 9.48. The van der Waals surface area contributed by atoms with E-state index in [1.165, 1.54) is 0 Å². The first kappa shape index (κ1) is 26.3. The van der Waals surface area contributed by atoms with E-state index in [-0.39, 0.29) is 0 Å². The van der Waals surface area contributed by atoms with Crippen LogP contribution >= 0.6 is 0 Å². The molecule has 0 saturated carbocycles. The molecular formula is C43H24N2O4. The topological polar surface area (TPSA) is 68.7 Å². The molecule has 0 bridgehead atoms. The number of oxazole rings is 1. The van der Waals surface area contributed by atoms with Gasteiger partial charge >= 0.3 is 0 Å². The van der Waals surface area contributed by atoms with E-state index < -0.39 is 0 Å². The predicted octanol–water partition coefficient (Wildman–Crippen LogP) is 12.7. The lowest BCUT2D eigenvalue weighted by Crippen LogP contribution is -2.10. The van der Waals surface area contributed by atoms with Crippen molar-refractivity contribution in [3.05, 3.63) is 146 Å². The van der Waals surface area contributed by atoms with Crippen molar-refractivity contribution in [3.8, 4) is 11.5 Å². The molecule has 0 N–H and O–H groups in total. The Kier molecular flexibility index (Phi) is 5.29. The lowest BCUT2D eigenvalue weighted by molar-refractivity contribution is 0.619. The first-order chi connectivity index (χ1) is 24.3. The van der Waals surface area contributed by atoms with Gasteiger partial charge in [-0.25, -0.2) is 4.98 Å². The van der Waals surface area contributed by atoms with Crippen molar-refractivity contribution in [1.29, 1.82) is 0 Å². The van der Waals surface area contributed by atoms with Crippen LogP contribution in [0.2, 0.25) is 0 Å². The van der Waals surface area contributed by atoms with E-state index in [0.29, 0.717) is 11.5 Å². The van der Waals surface area contributed by atoms with E-state index in [9.17, 15) is 0 Å². The lowest BCUT2D eigenvalue weighted by Gasteiger charge is -2.25. The van der Waals surface area contributed by atoms with E-state index in [2.05, 4.69) is 53.4 Å². The van der Waals surface area contributed by atoms with Crippen LogP contribution in [0, 0.1) is 0 Å². The molecule has 0 atom stereocenters. The van der Waals surface area contributed by atoms with E-state index in [1.54, 1.807) is 0 Å². The van der Waals surface area contributed by atoms with E-state index in [1.807, 2.05) is 97.1 Å². The summed E-state index contributed by atoms with van der Waals surface area (Å²) in [6.07, 6.45) is 0. The van der Waals surface area contributed by atoms with Crippen LogP contribution < -0.4 is 4.90 Å². The molecular weight excluding hydrogens is 608 g/mol. The first-order valence-corrected chi connectivity index (χ1v) is 16.2. The third kappa shape index (κ3) is 3.85. The van der Waals surface area contributed by atoms with Crippen molar-refractivity contribution in [2.24, 2.45) is 0 Å². The molecule has 6 heteroatoms. The van der Waals surface area contributed by atoms with Gasteiger partial charge in [0.1, 0.15) is 33.4 Å². The van der Waals surface area contributed by atoms with Crippen molar-refractivity contribution < 1.29 is 17.7 Å². The lowest BCUT2D eigenvalue weighted by atomic mass is 10.1. The van der Waals surface area contributed by atoms with Crippen LogP contribution in [0.15, 0.2) is 163 Å². The molecule has 11 rings (SSSR count). The molecule has 11 aromatic rings. The van der Waals surface area contributed by atoms with Crippen LogP contribution in [0.4, 0.5) is 17.1 Å². The van der Waals surface area contributed by atoms with E-state index in [0.717, 1.165) is 94.0 Å². The highest BCUT2D eigenvalue weighted by Gasteiger charge is 2.26. The standard InChI is InChI=1S/C43H24N2O4/c1-2-10-25(11-3-1)43-44-41-39(49-43)24-33(42-40(41)30-14-6-9-17-36(30)48-42)45(26-18-20-37-31(22-26)28-12-4-7-15-34(28)46-37)27-19-21-38-32(23-27)29-13-5-8-16-35(29)47-38/h1-24H. The Morgan fingerprint density at radius 3 is 1.57 bits per heavy atom. The number of fused-ring (bicyclic) bond motifs is 11. The smallest absolute Gasteiger partial charge is 0.227 e. The Bertz CT molecular complexity index is 2960. The average Bonchev–Trinajstić information content (AvgIpc) is 3.93. The minimum absolute atomic E-state index is 0.559. The molecule has 0 spiro atoms. The summed E-state index contributed by atoms with van der Waals surface area (Å²) in [6, 6.07) is 49.1. The molecule has 0 radical (unpaired) electrons.